The summed E-state index contributed by atoms with van der Waals surface area (Å²) in [6, 6.07) is 14.1. The van der Waals surface area contributed by atoms with Crippen molar-refractivity contribution in [2.24, 2.45) is 0 Å². The number of benzene rings is 2. The molecule has 6 nitrogen and oxygen atoms in total. The molecule has 0 bridgehead atoms. The molecule has 4 aromatic rings. The van der Waals surface area contributed by atoms with Gasteiger partial charge in [0.1, 0.15) is 5.01 Å². The van der Waals surface area contributed by atoms with Gasteiger partial charge in [0.15, 0.2) is 0 Å². The van der Waals surface area contributed by atoms with E-state index in [-0.39, 0.29) is 5.69 Å². The zero-order chi connectivity index (χ0) is 18.8. The minimum Gasteiger partial charge on any atom is -0.331 e. The predicted octanol–water partition coefficient (Wildman–Crippen LogP) is 5.28. The lowest BCUT2D eigenvalue weighted by molar-refractivity contribution is -0.384. The molecule has 0 radical (unpaired) electrons. The van der Waals surface area contributed by atoms with E-state index in [2.05, 4.69) is 4.98 Å². The molecule has 134 valence electrons. The van der Waals surface area contributed by atoms with Gasteiger partial charge in [0, 0.05) is 35.1 Å². The van der Waals surface area contributed by atoms with Crippen molar-refractivity contribution in [2.75, 3.05) is 0 Å². The van der Waals surface area contributed by atoms with E-state index in [9.17, 15) is 10.1 Å². The quantitative estimate of drug-likeness (QED) is 0.339. The first-order valence-electron chi connectivity index (χ1n) is 8.06. The third-order valence-electron chi connectivity index (χ3n) is 4.02. The van der Waals surface area contributed by atoms with Crippen LogP contribution in [0.5, 0.6) is 0 Å². The Morgan fingerprint density at radius 1 is 1.07 bits per heavy atom. The molecule has 0 unspecified atom stereocenters. The first-order chi connectivity index (χ1) is 13.1. The van der Waals surface area contributed by atoms with Crippen LogP contribution in [-0.2, 0) is 6.54 Å². The van der Waals surface area contributed by atoms with Crippen molar-refractivity contribution >= 4 is 28.6 Å². The smallest absolute Gasteiger partial charge is 0.269 e. The fourth-order valence-corrected chi connectivity index (χ4v) is 3.90. The fraction of sp³-hybridized carbons (Fsp3) is 0.0526. The molecule has 2 aromatic carbocycles. The van der Waals surface area contributed by atoms with Crippen LogP contribution in [0, 0.1) is 10.1 Å². The largest absolute Gasteiger partial charge is 0.331 e. The van der Waals surface area contributed by atoms with Gasteiger partial charge in [-0.1, -0.05) is 23.7 Å². The molecule has 0 N–H and O–H groups in total. The number of rotatable bonds is 5. The average molecular weight is 397 g/mol. The molecule has 0 aliphatic heterocycles. The van der Waals surface area contributed by atoms with Gasteiger partial charge in [-0.2, -0.15) is 0 Å². The van der Waals surface area contributed by atoms with Crippen LogP contribution < -0.4 is 0 Å². The second-order valence-electron chi connectivity index (χ2n) is 5.84. The molecule has 0 aliphatic carbocycles. The van der Waals surface area contributed by atoms with E-state index in [4.69, 9.17) is 16.6 Å². The number of hydrogen-bond acceptors (Lipinski definition) is 5. The van der Waals surface area contributed by atoms with E-state index < -0.39 is 4.92 Å². The summed E-state index contributed by atoms with van der Waals surface area (Å²) >= 11 is 7.53. The Morgan fingerprint density at radius 2 is 1.78 bits per heavy atom. The number of aromatic nitrogens is 3. The summed E-state index contributed by atoms with van der Waals surface area (Å²) in [6.07, 6.45) is 5.33. The van der Waals surface area contributed by atoms with Crippen LogP contribution in [0.4, 0.5) is 5.69 Å². The van der Waals surface area contributed by atoms with Gasteiger partial charge < -0.3 is 4.57 Å². The first kappa shape index (κ1) is 17.4. The van der Waals surface area contributed by atoms with Crippen molar-refractivity contribution in [2.45, 2.75) is 6.54 Å². The number of nitro groups is 1. The van der Waals surface area contributed by atoms with Gasteiger partial charge in [-0.3, -0.25) is 10.1 Å². The predicted molar refractivity (Wildman–Crippen MR) is 106 cm³/mol. The maximum Gasteiger partial charge on any atom is 0.269 e. The molecule has 0 saturated carbocycles. The van der Waals surface area contributed by atoms with Crippen LogP contribution in [0.3, 0.4) is 0 Å². The van der Waals surface area contributed by atoms with E-state index in [1.807, 2.05) is 35.0 Å². The SMILES string of the molecule is O=[N+]([O-])c1ccc(-c2sc(-c3ccc(Cl)cc3)nc2Cn2ccnc2)cc1. The van der Waals surface area contributed by atoms with Crippen LogP contribution in [0.2, 0.25) is 5.02 Å². The molecule has 2 aromatic heterocycles. The summed E-state index contributed by atoms with van der Waals surface area (Å²) < 4.78 is 1.94. The lowest BCUT2D eigenvalue weighted by Gasteiger charge is -2.03. The minimum absolute atomic E-state index is 0.0670. The molecule has 0 aliphatic rings. The molecule has 0 amide bonds. The number of halogens is 1. The molecule has 4 rings (SSSR count). The number of hydrogen-bond donors (Lipinski definition) is 0. The molecule has 0 spiro atoms. The van der Waals surface area contributed by atoms with Gasteiger partial charge in [0.05, 0.1) is 28.4 Å². The van der Waals surface area contributed by atoms with Gasteiger partial charge in [-0.05, 0) is 29.8 Å². The van der Waals surface area contributed by atoms with Crippen molar-refractivity contribution in [3.05, 3.63) is 88.1 Å². The third-order valence-corrected chi connectivity index (χ3v) is 5.47. The summed E-state index contributed by atoms with van der Waals surface area (Å²) in [5.41, 5.74) is 2.83. The summed E-state index contributed by atoms with van der Waals surface area (Å²) in [4.78, 5) is 20.4. The zero-order valence-electron chi connectivity index (χ0n) is 13.9. The molecule has 8 heteroatoms. The van der Waals surface area contributed by atoms with Gasteiger partial charge in [-0.25, -0.2) is 9.97 Å². The lowest BCUT2D eigenvalue weighted by atomic mass is 10.1. The number of nitrogens with zero attached hydrogens (tertiary/aromatic N) is 4. The second-order valence-corrected chi connectivity index (χ2v) is 7.28. The summed E-state index contributed by atoms with van der Waals surface area (Å²) in [5, 5.41) is 12.5. The topological polar surface area (TPSA) is 73.8 Å². The Balaban J connectivity index is 1.77. The summed E-state index contributed by atoms with van der Waals surface area (Å²) in [7, 11) is 0. The van der Waals surface area contributed by atoms with Gasteiger partial charge in [0.25, 0.3) is 5.69 Å². The van der Waals surface area contributed by atoms with Crippen LogP contribution in [-0.4, -0.2) is 19.5 Å². The maximum atomic E-state index is 10.9. The molecular formula is C19H13ClN4O2S. The minimum atomic E-state index is -0.401. The van der Waals surface area contributed by atoms with Gasteiger partial charge >= 0.3 is 0 Å². The molecule has 0 saturated heterocycles. The summed E-state index contributed by atoms with van der Waals surface area (Å²) in [6.45, 7) is 0.566. The third kappa shape index (κ3) is 3.74. The van der Waals surface area contributed by atoms with Crippen molar-refractivity contribution in [3.8, 4) is 21.0 Å². The Labute approximate surface area is 163 Å². The van der Waals surface area contributed by atoms with E-state index in [0.717, 1.165) is 26.7 Å². The first-order valence-corrected chi connectivity index (χ1v) is 9.26. The summed E-state index contributed by atoms with van der Waals surface area (Å²) in [5.74, 6) is 0. The number of thiazole rings is 1. The molecule has 0 atom stereocenters. The highest BCUT2D eigenvalue weighted by molar-refractivity contribution is 7.18. The highest BCUT2D eigenvalue weighted by atomic mass is 35.5. The van der Waals surface area contributed by atoms with E-state index in [1.54, 1.807) is 36.0 Å². The number of imidazole rings is 1. The molecule has 27 heavy (non-hydrogen) atoms. The van der Waals surface area contributed by atoms with E-state index in [1.165, 1.54) is 12.1 Å². The van der Waals surface area contributed by atoms with Crippen molar-refractivity contribution in [1.29, 1.82) is 0 Å². The Morgan fingerprint density at radius 3 is 2.41 bits per heavy atom. The number of non-ortho nitro benzene ring substituents is 1. The Bertz CT molecular complexity index is 1070. The number of nitro benzene ring substituents is 1. The van der Waals surface area contributed by atoms with Gasteiger partial charge in [-0.15, -0.1) is 11.3 Å². The Hall–Kier alpha value is -3.03. The normalized spacial score (nSPS) is 10.9. The second kappa shape index (κ2) is 7.30. The van der Waals surface area contributed by atoms with Crippen LogP contribution in [0.25, 0.3) is 21.0 Å². The fourth-order valence-electron chi connectivity index (χ4n) is 2.69. The average Bonchev–Trinajstić information content (AvgIpc) is 3.33. The molecular weight excluding hydrogens is 384 g/mol. The lowest BCUT2D eigenvalue weighted by Crippen LogP contribution is -1.98. The van der Waals surface area contributed by atoms with Crippen LogP contribution in [0.1, 0.15) is 5.69 Å². The Kier molecular flexibility index (Phi) is 4.70. The molecule has 2 heterocycles. The van der Waals surface area contributed by atoms with Crippen molar-refractivity contribution < 1.29 is 4.92 Å². The zero-order valence-corrected chi connectivity index (χ0v) is 15.5. The highest BCUT2D eigenvalue weighted by Crippen LogP contribution is 2.36. The van der Waals surface area contributed by atoms with E-state index >= 15 is 0 Å². The standard InChI is InChI=1S/C19H13ClN4O2S/c20-15-5-1-14(2-6-15)19-22-17(11-23-10-9-21-12-23)18(27-19)13-3-7-16(8-4-13)24(25)26/h1-10,12H,11H2. The maximum absolute atomic E-state index is 10.9. The molecule has 0 fully saturated rings. The highest BCUT2D eigenvalue weighted by Gasteiger charge is 2.16. The van der Waals surface area contributed by atoms with Crippen LogP contribution in [0.15, 0.2) is 67.3 Å². The van der Waals surface area contributed by atoms with Crippen LogP contribution >= 0.6 is 22.9 Å². The van der Waals surface area contributed by atoms with Gasteiger partial charge in [0.2, 0.25) is 0 Å². The van der Waals surface area contributed by atoms with Crippen molar-refractivity contribution in [3.63, 3.8) is 0 Å². The van der Waals surface area contributed by atoms with Crippen molar-refractivity contribution in [1.82, 2.24) is 14.5 Å². The monoisotopic (exact) mass is 396 g/mol. The van der Waals surface area contributed by atoms with E-state index in [0.29, 0.717) is 11.6 Å².